The Labute approximate surface area is 191 Å². The molecule has 0 atom stereocenters. The number of benzene rings is 3. The predicted octanol–water partition coefficient (Wildman–Crippen LogP) is 6.54. The van der Waals surface area contributed by atoms with E-state index in [9.17, 15) is 4.79 Å². The van der Waals surface area contributed by atoms with Gasteiger partial charge in [-0.3, -0.25) is 9.36 Å². The van der Waals surface area contributed by atoms with Crippen LogP contribution in [0, 0.1) is 17.4 Å². The van der Waals surface area contributed by atoms with E-state index in [4.69, 9.17) is 4.98 Å². The first-order valence-corrected chi connectivity index (χ1v) is 11.0. The lowest BCUT2D eigenvalue weighted by molar-refractivity contribution is 0.933. The Kier molecular flexibility index (Phi) is 5.69. The lowest BCUT2D eigenvalue weighted by Gasteiger charge is -2.14. The molecule has 0 N–H and O–H groups in total. The van der Waals surface area contributed by atoms with E-state index in [0.717, 1.165) is 30.4 Å². The van der Waals surface area contributed by atoms with Crippen LogP contribution in [-0.4, -0.2) is 9.55 Å². The molecule has 3 aromatic carbocycles. The molecule has 0 aliphatic carbocycles. The molecule has 0 fully saturated rings. The van der Waals surface area contributed by atoms with Crippen LogP contribution in [0.2, 0.25) is 0 Å². The van der Waals surface area contributed by atoms with Crippen LogP contribution in [0.1, 0.15) is 22.5 Å². The van der Waals surface area contributed by atoms with Crippen molar-refractivity contribution in [3.05, 3.63) is 102 Å². The predicted molar refractivity (Wildman–Crippen MR) is 133 cm³/mol. The van der Waals surface area contributed by atoms with E-state index >= 15 is 0 Å². The zero-order valence-electron chi connectivity index (χ0n) is 16.0. The van der Waals surface area contributed by atoms with Crippen LogP contribution >= 0.6 is 38.5 Å². The molecule has 1 aromatic heterocycles. The van der Waals surface area contributed by atoms with Gasteiger partial charge in [-0.25, -0.2) is 4.98 Å². The molecule has 1 heterocycles. The first kappa shape index (κ1) is 20.0. The highest BCUT2D eigenvalue weighted by Gasteiger charge is 2.13. The lowest BCUT2D eigenvalue weighted by Crippen LogP contribution is -2.23. The van der Waals surface area contributed by atoms with Gasteiger partial charge in [0.25, 0.3) is 5.56 Å². The fourth-order valence-corrected chi connectivity index (χ4v) is 4.27. The summed E-state index contributed by atoms with van der Waals surface area (Å²) < 4.78 is 3.73. The minimum Gasteiger partial charge on any atom is -0.268 e. The van der Waals surface area contributed by atoms with Crippen LogP contribution in [0.4, 0.5) is 0 Å². The highest BCUT2D eigenvalue weighted by Crippen LogP contribution is 2.21. The summed E-state index contributed by atoms with van der Waals surface area (Å²) in [4.78, 5) is 18.3. The van der Waals surface area contributed by atoms with Crippen LogP contribution in [-0.2, 0) is 0 Å². The van der Waals surface area contributed by atoms with Gasteiger partial charge >= 0.3 is 0 Å². The van der Waals surface area contributed by atoms with Gasteiger partial charge in [0.15, 0.2) is 0 Å². The van der Waals surface area contributed by atoms with E-state index < -0.39 is 0 Å². The summed E-state index contributed by atoms with van der Waals surface area (Å²) in [6.07, 6.45) is 3.88. The average molecular weight is 557 g/mol. The van der Waals surface area contributed by atoms with Gasteiger partial charge in [-0.2, -0.15) is 0 Å². The SMILES string of the molecule is Cc1ccc(-n2c(C=Cc3cccc(Br)c3)nc3ccc(I)cc3c2=O)c(C)c1. The van der Waals surface area contributed by atoms with Gasteiger partial charge in [0.05, 0.1) is 16.6 Å². The van der Waals surface area contributed by atoms with Gasteiger partial charge in [-0.15, -0.1) is 0 Å². The van der Waals surface area contributed by atoms with E-state index in [1.807, 2.05) is 73.7 Å². The molecule has 29 heavy (non-hydrogen) atoms. The van der Waals surface area contributed by atoms with Gasteiger partial charge in [-0.1, -0.05) is 51.8 Å². The van der Waals surface area contributed by atoms with Gasteiger partial charge in [0.1, 0.15) is 5.82 Å². The molecule has 0 aliphatic heterocycles. The Morgan fingerprint density at radius 1 is 1.00 bits per heavy atom. The highest BCUT2D eigenvalue weighted by atomic mass is 127. The molecule has 0 unspecified atom stereocenters. The number of hydrogen-bond donors (Lipinski definition) is 0. The van der Waals surface area contributed by atoms with Crippen molar-refractivity contribution < 1.29 is 0 Å². The normalized spacial score (nSPS) is 11.4. The number of nitrogens with zero attached hydrogens (tertiary/aromatic N) is 2. The molecule has 0 bridgehead atoms. The number of rotatable bonds is 3. The van der Waals surface area contributed by atoms with Crippen molar-refractivity contribution >= 4 is 61.6 Å². The Morgan fingerprint density at radius 3 is 2.59 bits per heavy atom. The van der Waals surface area contributed by atoms with E-state index in [1.54, 1.807) is 4.57 Å². The molecular weight excluding hydrogens is 539 g/mol. The third-order valence-corrected chi connectivity index (χ3v) is 5.89. The highest BCUT2D eigenvalue weighted by molar-refractivity contribution is 14.1. The zero-order chi connectivity index (χ0) is 20.5. The van der Waals surface area contributed by atoms with Crippen molar-refractivity contribution in [2.45, 2.75) is 13.8 Å². The maximum Gasteiger partial charge on any atom is 0.266 e. The molecule has 4 aromatic rings. The Balaban J connectivity index is 1.99. The molecule has 0 aliphatic rings. The Bertz CT molecular complexity index is 1320. The van der Waals surface area contributed by atoms with Crippen LogP contribution in [0.25, 0.3) is 28.7 Å². The zero-order valence-corrected chi connectivity index (χ0v) is 19.7. The molecule has 5 heteroatoms. The largest absolute Gasteiger partial charge is 0.268 e. The van der Waals surface area contributed by atoms with E-state index in [2.05, 4.69) is 51.5 Å². The summed E-state index contributed by atoms with van der Waals surface area (Å²) in [7, 11) is 0. The number of hydrogen-bond acceptors (Lipinski definition) is 2. The maximum absolute atomic E-state index is 13.5. The first-order valence-electron chi connectivity index (χ1n) is 9.16. The third-order valence-electron chi connectivity index (χ3n) is 4.72. The van der Waals surface area contributed by atoms with Gasteiger partial charge < -0.3 is 0 Å². The monoisotopic (exact) mass is 556 g/mol. The molecule has 144 valence electrons. The van der Waals surface area contributed by atoms with Gasteiger partial charge in [0.2, 0.25) is 0 Å². The second-order valence-electron chi connectivity index (χ2n) is 6.95. The summed E-state index contributed by atoms with van der Waals surface area (Å²) in [5, 5.41) is 0.622. The van der Waals surface area contributed by atoms with E-state index in [-0.39, 0.29) is 5.56 Å². The van der Waals surface area contributed by atoms with Crippen molar-refractivity contribution in [3.8, 4) is 5.69 Å². The summed E-state index contributed by atoms with van der Waals surface area (Å²) >= 11 is 5.73. The number of halogens is 2. The van der Waals surface area contributed by atoms with Crippen LogP contribution in [0.5, 0.6) is 0 Å². The molecule has 0 spiro atoms. The van der Waals surface area contributed by atoms with Crippen molar-refractivity contribution in [1.82, 2.24) is 9.55 Å². The van der Waals surface area contributed by atoms with E-state index in [0.29, 0.717) is 16.7 Å². The van der Waals surface area contributed by atoms with Crippen molar-refractivity contribution in [3.63, 3.8) is 0 Å². The van der Waals surface area contributed by atoms with Gasteiger partial charge in [0, 0.05) is 8.04 Å². The molecule has 0 saturated carbocycles. The Hall–Kier alpha value is -2.25. The second-order valence-corrected chi connectivity index (χ2v) is 9.11. The average Bonchev–Trinajstić information content (AvgIpc) is 2.68. The van der Waals surface area contributed by atoms with E-state index in [1.165, 1.54) is 0 Å². The number of fused-ring (bicyclic) bond motifs is 1. The number of aromatic nitrogens is 2. The summed E-state index contributed by atoms with van der Waals surface area (Å²) in [6, 6.07) is 19.9. The smallest absolute Gasteiger partial charge is 0.266 e. The minimum atomic E-state index is -0.0608. The molecule has 0 saturated heterocycles. The second kappa shape index (κ2) is 8.24. The third kappa shape index (κ3) is 4.21. The fraction of sp³-hybridized carbons (Fsp3) is 0.0833. The van der Waals surface area contributed by atoms with Crippen LogP contribution in [0.15, 0.2) is 69.9 Å². The molecule has 3 nitrogen and oxygen atoms in total. The fourth-order valence-electron chi connectivity index (χ4n) is 3.36. The lowest BCUT2D eigenvalue weighted by atomic mass is 10.1. The summed E-state index contributed by atoms with van der Waals surface area (Å²) in [6.45, 7) is 4.07. The first-order chi connectivity index (χ1) is 13.9. The van der Waals surface area contributed by atoms with Crippen molar-refractivity contribution in [1.29, 1.82) is 0 Å². The molecular formula is C24H18BrIN2O. The van der Waals surface area contributed by atoms with Crippen LogP contribution < -0.4 is 5.56 Å². The number of aryl methyl sites for hydroxylation is 2. The molecule has 4 rings (SSSR count). The summed E-state index contributed by atoms with van der Waals surface area (Å²) in [5.74, 6) is 0.607. The molecule has 0 radical (unpaired) electrons. The Morgan fingerprint density at radius 2 is 1.83 bits per heavy atom. The van der Waals surface area contributed by atoms with Gasteiger partial charge in [-0.05, 0) is 90.0 Å². The van der Waals surface area contributed by atoms with Crippen molar-refractivity contribution in [2.24, 2.45) is 0 Å². The maximum atomic E-state index is 13.5. The minimum absolute atomic E-state index is 0.0608. The summed E-state index contributed by atoms with van der Waals surface area (Å²) in [5.41, 5.74) is 4.72. The molecule has 0 amide bonds. The standard InChI is InChI=1S/C24H18BrIN2O/c1-15-6-10-22(16(2)12-15)28-23(11-7-17-4-3-5-18(25)13-17)27-21-9-8-19(26)14-20(21)24(28)29/h3-14H,1-2H3. The van der Waals surface area contributed by atoms with Crippen LogP contribution in [0.3, 0.4) is 0 Å². The topological polar surface area (TPSA) is 34.9 Å². The van der Waals surface area contributed by atoms with Crippen molar-refractivity contribution in [2.75, 3.05) is 0 Å². The quantitative estimate of drug-likeness (QED) is 0.269.